The highest BCUT2D eigenvalue weighted by molar-refractivity contribution is 5.77. The molecule has 2 atom stereocenters. The van der Waals surface area contributed by atoms with E-state index in [1.165, 1.54) is 25.7 Å². The molecule has 1 amide bonds. The SMILES string of the molecule is O=C(CC1CCCC1)N1C[C@@H]2COC[C@]2(CN2CCOCC2)C1. The maximum atomic E-state index is 12.7. The Morgan fingerprint density at radius 3 is 2.70 bits per heavy atom. The van der Waals surface area contributed by atoms with Gasteiger partial charge in [0.05, 0.1) is 26.4 Å². The van der Waals surface area contributed by atoms with Gasteiger partial charge < -0.3 is 14.4 Å². The van der Waals surface area contributed by atoms with E-state index in [1.54, 1.807) is 0 Å². The van der Waals surface area contributed by atoms with Gasteiger partial charge in [-0.25, -0.2) is 0 Å². The number of carbonyl (C=O) groups is 1. The molecular weight excluding hydrogens is 292 g/mol. The highest BCUT2D eigenvalue weighted by atomic mass is 16.5. The molecule has 0 spiro atoms. The van der Waals surface area contributed by atoms with Crippen molar-refractivity contribution in [3.05, 3.63) is 0 Å². The number of fused-ring (bicyclic) bond motifs is 1. The van der Waals surface area contributed by atoms with Crippen molar-refractivity contribution in [2.45, 2.75) is 32.1 Å². The van der Waals surface area contributed by atoms with E-state index in [1.807, 2.05) is 0 Å². The van der Waals surface area contributed by atoms with Crippen LogP contribution in [-0.2, 0) is 14.3 Å². The van der Waals surface area contributed by atoms with Gasteiger partial charge in [0.1, 0.15) is 0 Å². The number of amides is 1. The van der Waals surface area contributed by atoms with Crippen molar-refractivity contribution in [2.24, 2.45) is 17.3 Å². The summed E-state index contributed by atoms with van der Waals surface area (Å²) in [5.41, 5.74) is 0.169. The van der Waals surface area contributed by atoms with E-state index in [0.29, 0.717) is 17.7 Å². The zero-order chi connectivity index (χ0) is 15.7. The van der Waals surface area contributed by atoms with Crippen LogP contribution < -0.4 is 0 Å². The molecule has 0 N–H and O–H groups in total. The minimum Gasteiger partial charge on any atom is -0.380 e. The molecule has 3 heterocycles. The van der Waals surface area contributed by atoms with Crippen LogP contribution in [0.3, 0.4) is 0 Å². The van der Waals surface area contributed by atoms with Crippen LogP contribution in [0.15, 0.2) is 0 Å². The molecule has 23 heavy (non-hydrogen) atoms. The lowest BCUT2D eigenvalue weighted by Crippen LogP contribution is -2.47. The molecule has 0 aromatic rings. The first-order valence-corrected chi connectivity index (χ1v) is 9.41. The van der Waals surface area contributed by atoms with Gasteiger partial charge in [-0.1, -0.05) is 12.8 Å². The predicted octanol–water partition coefficient (Wildman–Crippen LogP) is 1.37. The van der Waals surface area contributed by atoms with Gasteiger partial charge in [0.2, 0.25) is 5.91 Å². The van der Waals surface area contributed by atoms with Gasteiger partial charge >= 0.3 is 0 Å². The Kier molecular flexibility index (Phi) is 4.61. The summed E-state index contributed by atoms with van der Waals surface area (Å²) in [6, 6.07) is 0. The number of morpholine rings is 1. The maximum absolute atomic E-state index is 12.7. The summed E-state index contributed by atoms with van der Waals surface area (Å²) >= 11 is 0. The van der Waals surface area contributed by atoms with Gasteiger partial charge in [-0.05, 0) is 18.8 Å². The molecule has 5 heteroatoms. The molecular formula is C18H30N2O3. The zero-order valence-corrected chi connectivity index (χ0v) is 14.2. The maximum Gasteiger partial charge on any atom is 0.222 e. The molecule has 1 aliphatic carbocycles. The lowest BCUT2D eigenvalue weighted by molar-refractivity contribution is -0.132. The molecule has 5 nitrogen and oxygen atoms in total. The Labute approximate surface area is 139 Å². The molecule has 1 saturated carbocycles. The molecule has 0 aromatic heterocycles. The van der Waals surface area contributed by atoms with Gasteiger partial charge in [0.15, 0.2) is 0 Å². The first-order valence-electron chi connectivity index (χ1n) is 9.41. The second-order valence-electron chi connectivity index (χ2n) is 8.09. The van der Waals surface area contributed by atoms with Crippen LogP contribution in [0, 0.1) is 17.3 Å². The van der Waals surface area contributed by atoms with Crippen molar-refractivity contribution < 1.29 is 14.3 Å². The van der Waals surface area contributed by atoms with Crippen LogP contribution >= 0.6 is 0 Å². The van der Waals surface area contributed by atoms with Gasteiger partial charge in [-0.15, -0.1) is 0 Å². The van der Waals surface area contributed by atoms with Crippen LogP contribution in [0.5, 0.6) is 0 Å². The standard InChI is InChI=1S/C18H30N2O3/c21-17(9-15-3-1-2-4-15)20-10-16-11-23-14-18(16,13-20)12-19-5-7-22-8-6-19/h15-16H,1-14H2/t16-,18+/m1/s1. The molecule has 130 valence electrons. The molecule has 0 radical (unpaired) electrons. The number of carbonyl (C=O) groups excluding carboxylic acids is 1. The van der Waals surface area contributed by atoms with Crippen LogP contribution in [0.2, 0.25) is 0 Å². The number of rotatable bonds is 4. The summed E-state index contributed by atoms with van der Waals surface area (Å²) < 4.78 is 11.3. The fourth-order valence-corrected chi connectivity index (χ4v) is 5.04. The second kappa shape index (κ2) is 6.69. The van der Waals surface area contributed by atoms with E-state index in [4.69, 9.17) is 9.47 Å². The predicted molar refractivity (Wildman–Crippen MR) is 87.2 cm³/mol. The van der Waals surface area contributed by atoms with Crippen molar-refractivity contribution >= 4 is 5.91 Å². The van der Waals surface area contributed by atoms with E-state index in [2.05, 4.69) is 9.80 Å². The molecule has 4 fully saturated rings. The highest BCUT2D eigenvalue weighted by Crippen LogP contribution is 2.42. The van der Waals surface area contributed by atoms with Crippen molar-refractivity contribution in [2.75, 3.05) is 59.2 Å². The van der Waals surface area contributed by atoms with E-state index in [-0.39, 0.29) is 5.41 Å². The Hall–Kier alpha value is -0.650. The number of nitrogens with zero attached hydrogens (tertiary/aromatic N) is 2. The summed E-state index contributed by atoms with van der Waals surface area (Å²) in [6.07, 6.45) is 5.92. The van der Waals surface area contributed by atoms with Crippen LogP contribution in [0.4, 0.5) is 0 Å². The minimum absolute atomic E-state index is 0.169. The molecule has 3 saturated heterocycles. The summed E-state index contributed by atoms with van der Waals surface area (Å²) in [5.74, 6) is 1.57. The number of likely N-dealkylation sites (tertiary alicyclic amines) is 1. The van der Waals surface area contributed by atoms with Crippen LogP contribution in [0.25, 0.3) is 0 Å². The third-order valence-electron chi connectivity index (χ3n) is 6.45. The van der Waals surface area contributed by atoms with Gasteiger partial charge in [-0.3, -0.25) is 9.69 Å². The average Bonchev–Trinajstić information content (AvgIpc) is 3.24. The van der Waals surface area contributed by atoms with E-state index >= 15 is 0 Å². The van der Waals surface area contributed by atoms with Gasteiger partial charge in [0, 0.05) is 50.5 Å². The highest BCUT2D eigenvalue weighted by Gasteiger charge is 2.52. The van der Waals surface area contributed by atoms with Crippen molar-refractivity contribution in [1.29, 1.82) is 0 Å². The topological polar surface area (TPSA) is 42.0 Å². The molecule has 4 aliphatic rings. The summed E-state index contributed by atoms with van der Waals surface area (Å²) in [4.78, 5) is 17.4. The summed E-state index contributed by atoms with van der Waals surface area (Å²) in [5, 5.41) is 0. The Balaban J connectivity index is 1.37. The Bertz CT molecular complexity index is 432. The van der Waals surface area contributed by atoms with E-state index in [0.717, 1.165) is 65.6 Å². The van der Waals surface area contributed by atoms with Crippen LogP contribution in [-0.4, -0.2) is 74.9 Å². The normalized spacial score (nSPS) is 35.8. The smallest absolute Gasteiger partial charge is 0.222 e. The third-order valence-corrected chi connectivity index (χ3v) is 6.45. The van der Waals surface area contributed by atoms with Crippen molar-refractivity contribution in [3.8, 4) is 0 Å². The molecule has 0 bridgehead atoms. The molecule has 0 unspecified atom stereocenters. The second-order valence-corrected chi connectivity index (χ2v) is 8.09. The number of hydrogen-bond acceptors (Lipinski definition) is 4. The Morgan fingerprint density at radius 2 is 1.91 bits per heavy atom. The summed E-state index contributed by atoms with van der Waals surface area (Å²) in [7, 11) is 0. The largest absolute Gasteiger partial charge is 0.380 e. The van der Waals surface area contributed by atoms with Crippen LogP contribution in [0.1, 0.15) is 32.1 Å². The van der Waals surface area contributed by atoms with E-state index in [9.17, 15) is 4.79 Å². The summed E-state index contributed by atoms with van der Waals surface area (Å²) in [6.45, 7) is 8.25. The monoisotopic (exact) mass is 322 g/mol. The molecule has 0 aromatic carbocycles. The third kappa shape index (κ3) is 3.28. The molecule has 4 rings (SSSR count). The van der Waals surface area contributed by atoms with Crippen molar-refractivity contribution in [1.82, 2.24) is 9.80 Å². The lowest BCUT2D eigenvalue weighted by atomic mass is 9.80. The Morgan fingerprint density at radius 1 is 1.13 bits per heavy atom. The van der Waals surface area contributed by atoms with Gasteiger partial charge in [-0.2, -0.15) is 0 Å². The first kappa shape index (κ1) is 15.9. The fourth-order valence-electron chi connectivity index (χ4n) is 5.04. The molecule has 3 aliphatic heterocycles. The van der Waals surface area contributed by atoms with Crippen molar-refractivity contribution in [3.63, 3.8) is 0 Å². The van der Waals surface area contributed by atoms with Gasteiger partial charge in [0.25, 0.3) is 0 Å². The van der Waals surface area contributed by atoms with E-state index < -0.39 is 0 Å². The average molecular weight is 322 g/mol. The quantitative estimate of drug-likeness (QED) is 0.784. The fraction of sp³-hybridized carbons (Fsp3) is 0.944. The zero-order valence-electron chi connectivity index (χ0n) is 14.2. The number of ether oxygens (including phenoxy) is 2. The lowest BCUT2D eigenvalue weighted by Gasteiger charge is -2.36. The minimum atomic E-state index is 0.169. The first-order chi connectivity index (χ1) is 11.3. The number of hydrogen-bond donors (Lipinski definition) is 0.